The molecule has 0 spiro atoms. The van der Waals surface area contributed by atoms with Crippen molar-refractivity contribution < 1.29 is 19.1 Å². The summed E-state index contributed by atoms with van der Waals surface area (Å²) in [5, 5.41) is 16.6. The fourth-order valence-corrected chi connectivity index (χ4v) is 4.16. The molecule has 2 fully saturated rings. The van der Waals surface area contributed by atoms with Gasteiger partial charge in [-0.1, -0.05) is 23.4 Å². The summed E-state index contributed by atoms with van der Waals surface area (Å²) in [5.41, 5.74) is 1.89. The van der Waals surface area contributed by atoms with Crippen LogP contribution >= 0.6 is 25.0 Å². The van der Waals surface area contributed by atoms with Crippen molar-refractivity contribution in [3.63, 3.8) is 0 Å². The Hall–Kier alpha value is -2.23. The van der Waals surface area contributed by atoms with Crippen molar-refractivity contribution in [2.24, 2.45) is 5.92 Å². The number of likely N-dealkylation sites (tertiary alicyclic amines) is 1. The van der Waals surface area contributed by atoms with Gasteiger partial charge in [0.2, 0.25) is 0 Å². The number of carboxylic acid groups (broad SMARTS) is 1. The number of benzene rings is 1. The van der Waals surface area contributed by atoms with Crippen LogP contribution < -0.4 is 0 Å². The maximum absolute atomic E-state index is 14.6. The van der Waals surface area contributed by atoms with E-state index in [1.165, 1.54) is 16.9 Å². The number of nitrogens with zero attached hydrogens (tertiary/aromatic N) is 4. The summed E-state index contributed by atoms with van der Waals surface area (Å²) >= 11 is 4.67. The standard InChI is InChI=1S/C21H23FN4O3S.ClH/c22-17-4-2-1-3-16(17)20(21(29)13-5-6-13)25-8-7-18(30)14(11-25)9-15-10-23-24-26(15)12-19(27)28;/h1-4,9-10,13,18,20,30H,5-8,11-12H2,(H,27,28);1H. The van der Waals surface area contributed by atoms with E-state index in [0.29, 0.717) is 30.8 Å². The number of rotatable bonds is 7. The second kappa shape index (κ2) is 9.93. The first kappa shape index (κ1) is 23.4. The molecule has 4 rings (SSSR count). The Morgan fingerprint density at radius 3 is 2.71 bits per heavy atom. The Morgan fingerprint density at radius 1 is 1.29 bits per heavy atom. The summed E-state index contributed by atoms with van der Waals surface area (Å²) < 4.78 is 15.9. The Bertz CT molecular complexity index is 995. The van der Waals surface area contributed by atoms with Gasteiger partial charge in [0, 0.05) is 29.8 Å². The van der Waals surface area contributed by atoms with E-state index in [0.717, 1.165) is 18.4 Å². The molecule has 1 saturated carbocycles. The van der Waals surface area contributed by atoms with Crippen LogP contribution in [0.4, 0.5) is 4.39 Å². The first-order chi connectivity index (χ1) is 14.4. The Balaban J connectivity index is 0.00000272. The number of hydrogen-bond donors (Lipinski definition) is 2. The SMILES string of the molecule is Cl.O=C(O)Cn1nncc1C=C1CN(C(C(=O)C2CC2)c2ccccc2F)CCC1S. The van der Waals surface area contributed by atoms with Gasteiger partial charge in [-0.25, -0.2) is 9.07 Å². The lowest BCUT2D eigenvalue weighted by Crippen LogP contribution is -2.42. The van der Waals surface area contributed by atoms with Crippen LogP contribution in [0.3, 0.4) is 0 Å². The molecule has 1 N–H and O–H groups in total. The third-order valence-corrected chi connectivity index (χ3v) is 6.17. The Labute approximate surface area is 191 Å². The molecule has 10 heteroatoms. The molecule has 1 aliphatic heterocycles. The average molecular weight is 467 g/mol. The molecule has 0 amide bonds. The van der Waals surface area contributed by atoms with Gasteiger partial charge in [-0.2, -0.15) is 12.6 Å². The van der Waals surface area contributed by atoms with Gasteiger partial charge in [0.25, 0.3) is 0 Å². The number of carbonyl (C=O) groups excluding carboxylic acids is 1. The molecule has 2 heterocycles. The molecular weight excluding hydrogens is 443 g/mol. The van der Waals surface area contributed by atoms with E-state index in [4.69, 9.17) is 5.11 Å². The number of carbonyl (C=O) groups is 2. The monoisotopic (exact) mass is 466 g/mol. The highest BCUT2D eigenvalue weighted by atomic mass is 35.5. The lowest BCUT2D eigenvalue weighted by atomic mass is 9.93. The minimum absolute atomic E-state index is 0. The van der Waals surface area contributed by atoms with Crippen LogP contribution in [0.1, 0.15) is 36.6 Å². The third-order valence-electron chi connectivity index (χ3n) is 5.58. The van der Waals surface area contributed by atoms with Gasteiger partial charge in [-0.05, 0) is 37.0 Å². The van der Waals surface area contributed by atoms with Crippen LogP contribution in [0.15, 0.2) is 36.0 Å². The summed E-state index contributed by atoms with van der Waals surface area (Å²) in [5.74, 6) is -1.33. The van der Waals surface area contributed by atoms with E-state index >= 15 is 0 Å². The van der Waals surface area contributed by atoms with Gasteiger partial charge in [0.05, 0.1) is 17.9 Å². The summed E-state index contributed by atoms with van der Waals surface area (Å²) in [6, 6.07) is 5.82. The normalized spacial score (nSPS) is 21.5. The number of ketones is 1. The third kappa shape index (κ3) is 5.34. The predicted octanol–water partition coefficient (Wildman–Crippen LogP) is 3.03. The van der Waals surface area contributed by atoms with Crippen LogP contribution in [0.5, 0.6) is 0 Å². The highest BCUT2D eigenvalue weighted by Crippen LogP contribution is 2.39. The molecule has 0 bridgehead atoms. The fourth-order valence-electron chi connectivity index (χ4n) is 3.89. The molecule has 2 atom stereocenters. The number of hydrogen-bond acceptors (Lipinski definition) is 6. The van der Waals surface area contributed by atoms with Crippen LogP contribution in [0.2, 0.25) is 0 Å². The predicted molar refractivity (Wildman–Crippen MR) is 119 cm³/mol. The van der Waals surface area contributed by atoms with Crippen molar-refractivity contribution in [2.45, 2.75) is 37.1 Å². The van der Waals surface area contributed by atoms with E-state index in [9.17, 15) is 14.0 Å². The number of Topliss-reactive ketones (excluding diaryl/α,β-unsaturated/α-hetero) is 1. The van der Waals surface area contributed by atoms with Gasteiger partial charge in [0.15, 0.2) is 5.78 Å². The first-order valence-electron chi connectivity index (χ1n) is 9.95. The smallest absolute Gasteiger partial charge is 0.325 e. The zero-order valence-corrected chi connectivity index (χ0v) is 18.4. The summed E-state index contributed by atoms with van der Waals surface area (Å²) in [6.45, 7) is 0.761. The van der Waals surface area contributed by atoms with Gasteiger partial charge >= 0.3 is 5.97 Å². The second-order valence-corrected chi connectivity index (χ2v) is 8.43. The van der Waals surface area contributed by atoms with Gasteiger partial charge < -0.3 is 5.11 Å². The highest BCUT2D eigenvalue weighted by Gasteiger charge is 2.40. The fraction of sp³-hybridized carbons (Fsp3) is 0.429. The molecule has 31 heavy (non-hydrogen) atoms. The van der Waals surface area contributed by atoms with Gasteiger partial charge in [-0.15, -0.1) is 17.5 Å². The number of aliphatic carboxylic acids is 1. The molecule has 1 aliphatic carbocycles. The van der Waals surface area contributed by atoms with Crippen LogP contribution in [-0.2, 0) is 16.1 Å². The number of aromatic nitrogens is 3. The lowest BCUT2D eigenvalue weighted by Gasteiger charge is -2.37. The summed E-state index contributed by atoms with van der Waals surface area (Å²) in [7, 11) is 0. The Kier molecular flexibility index (Phi) is 7.51. The van der Waals surface area contributed by atoms with Crippen molar-refractivity contribution in [1.29, 1.82) is 0 Å². The minimum Gasteiger partial charge on any atom is -0.480 e. The van der Waals surface area contributed by atoms with E-state index in [1.54, 1.807) is 18.2 Å². The maximum Gasteiger partial charge on any atom is 0.325 e. The van der Waals surface area contributed by atoms with Crippen LogP contribution in [0.25, 0.3) is 6.08 Å². The van der Waals surface area contributed by atoms with E-state index in [1.807, 2.05) is 11.0 Å². The zero-order valence-electron chi connectivity index (χ0n) is 16.7. The largest absolute Gasteiger partial charge is 0.480 e. The molecule has 2 aromatic rings. The van der Waals surface area contributed by atoms with E-state index in [-0.39, 0.29) is 41.7 Å². The molecule has 1 aromatic heterocycles. The average Bonchev–Trinajstić information content (AvgIpc) is 3.48. The quantitative estimate of drug-likeness (QED) is 0.610. The van der Waals surface area contributed by atoms with Crippen molar-refractivity contribution in [2.75, 3.05) is 13.1 Å². The highest BCUT2D eigenvalue weighted by molar-refractivity contribution is 7.81. The number of piperidine rings is 1. The van der Waals surface area contributed by atoms with E-state index in [2.05, 4.69) is 22.9 Å². The van der Waals surface area contributed by atoms with Crippen LogP contribution in [-0.4, -0.2) is 55.1 Å². The number of halogens is 2. The molecular formula is C21H24ClFN4O3S. The van der Waals surface area contributed by atoms with E-state index < -0.39 is 12.0 Å². The lowest BCUT2D eigenvalue weighted by molar-refractivity contribution is -0.138. The second-order valence-electron chi connectivity index (χ2n) is 7.81. The molecule has 7 nitrogen and oxygen atoms in total. The van der Waals surface area contributed by atoms with Gasteiger partial charge in [0.1, 0.15) is 12.4 Å². The first-order valence-corrected chi connectivity index (χ1v) is 10.5. The minimum atomic E-state index is -1.01. The molecule has 0 radical (unpaired) electrons. The summed E-state index contributed by atoms with van der Waals surface area (Å²) in [6.07, 6.45) is 5.73. The topological polar surface area (TPSA) is 88.3 Å². The molecule has 1 saturated heterocycles. The summed E-state index contributed by atoms with van der Waals surface area (Å²) in [4.78, 5) is 26.1. The molecule has 2 aliphatic rings. The number of carboxylic acids is 1. The molecule has 1 aromatic carbocycles. The maximum atomic E-state index is 14.6. The molecule has 2 unspecified atom stereocenters. The van der Waals surface area contributed by atoms with Crippen molar-refractivity contribution in [3.05, 3.63) is 53.1 Å². The molecule has 166 valence electrons. The van der Waals surface area contributed by atoms with Crippen LogP contribution in [0, 0.1) is 11.7 Å². The van der Waals surface area contributed by atoms with Gasteiger partial charge in [-0.3, -0.25) is 14.5 Å². The van der Waals surface area contributed by atoms with Crippen molar-refractivity contribution >= 4 is 42.9 Å². The van der Waals surface area contributed by atoms with Crippen molar-refractivity contribution in [3.8, 4) is 0 Å². The zero-order chi connectivity index (χ0) is 21.3. The Morgan fingerprint density at radius 2 is 2.03 bits per heavy atom. The number of thiol groups is 1. The van der Waals surface area contributed by atoms with Crippen molar-refractivity contribution in [1.82, 2.24) is 19.9 Å².